The summed E-state index contributed by atoms with van der Waals surface area (Å²) in [7, 11) is 1.79. The van der Waals surface area contributed by atoms with Gasteiger partial charge in [-0.3, -0.25) is 0 Å². The molecule has 0 saturated heterocycles. The van der Waals surface area contributed by atoms with Gasteiger partial charge < -0.3 is 10.2 Å². The van der Waals surface area contributed by atoms with E-state index in [0.717, 1.165) is 18.4 Å². The molecule has 1 aromatic carbocycles. The van der Waals surface area contributed by atoms with Gasteiger partial charge in [0.05, 0.1) is 18.6 Å². The van der Waals surface area contributed by atoms with Crippen LogP contribution in [0.2, 0.25) is 0 Å². The van der Waals surface area contributed by atoms with Crippen LogP contribution >= 0.6 is 0 Å². The zero-order valence-corrected chi connectivity index (χ0v) is 12.8. The monoisotopic (exact) mass is 300 g/mol. The van der Waals surface area contributed by atoms with Gasteiger partial charge in [-0.05, 0) is 35.8 Å². The lowest BCUT2D eigenvalue weighted by Crippen LogP contribution is -2.38. The molecule has 1 heterocycles. The summed E-state index contributed by atoms with van der Waals surface area (Å²) in [6, 6.07) is 10.2. The van der Waals surface area contributed by atoms with Crippen LogP contribution in [0.15, 0.2) is 30.3 Å². The normalized spacial score (nSPS) is 15.4. The minimum Gasteiger partial charge on any atom is -0.331 e. The largest absolute Gasteiger partial charge is 0.331 e. The van der Waals surface area contributed by atoms with Gasteiger partial charge in [-0.2, -0.15) is 0 Å². The highest BCUT2D eigenvalue weighted by atomic mass is 16.2. The van der Waals surface area contributed by atoms with Gasteiger partial charge in [-0.1, -0.05) is 30.3 Å². The van der Waals surface area contributed by atoms with E-state index in [1.165, 1.54) is 0 Å². The number of aromatic nitrogens is 4. The molecule has 1 N–H and O–H groups in total. The fourth-order valence-corrected chi connectivity index (χ4v) is 2.34. The standard InChI is InChI=1S/C15H20N6O/c1-11(12-6-4-3-5-7-12)20(2)15(22)16-10-14-17-18-19-21(14)13-8-9-13/h3-7,11,13H,8-10H2,1-2H3,(H,16,22). The number of carbonyl (C=O) groups excluding carboxylic acids is 1. The van der Waals surface area contributed by atoms with Crippen molar-refractivity contribution in [3.05, 3.63) is 41.7 Å². The lowest BCUT2D eigenvalue weighted by molar-refractivity contribution is 0.193. The van der Waals surface area contributed by atoms with E-state index in [-0.39, 0.29) is 12.1 Å². The minimum absolute atomic E-state index is 0.000581. The number of nitrogens with zero attached hydrogens (tertiary/aromatic N) is 5. The van der Waals surface area contributed by atoms with E-state index in [0.29, 0.717) is 18.4 Å². The van der Waals surface area contributed by atoms with Crippen LogP contribution < -0.4 is 5.32 Å². The number of benzene rings is 1. The van der Waals surface area contributed by atoms with Gasteiger partial charge in [-0.25, -0.2) is 9.48 Å². The number of urea groups is 1. The van der Waals surface area contributed by atoms with Gasteiger partial charge in [0.2, 0.25) is 0 Å². The van der Waals surface area contributed by atoms with Crippen molar-refractivity contribution in [2.75, 3.05) is 7.05 Å². The van der Waals surface area contributed by atoms with Crippen molar-refractivity contribution < 1.29 is 4.79 Å². The molecule has 7 nitrogen and oxygen atoms in total. The fraction of sp³-hybridized carbons (Fsp3) is 0.467. The molecule has 22 heavy (non-hydrogen) atoms. The fourth-order valence-electron chi connectivity index (χ4n) is 2.34. The van der Waals surface area contributed by atoms with Crippen molar-refractivity contribution in [3.8, 4) is 0 Å². The molecule has 1 aromatic heterocycles. The van der Waals surface area contributed by atoms with E-state index >= 15 is 0 Å². The number of hydrogen-bond donors (Lipinski definition) is 1. The maximum Gasteiger partial charge on any atom is 0.318 e. The highest BCUT2D eigenvalue weighted by molar-refractivity contribution is 5.74. The molecule has 1 aliphatic carbocycles. The zero-order chi connectivity index (χ0) is 15.5. The lowest BCUT2D eigenvalue weighted by atomic mass is 10.1. The third-order valence-electron chi connectivity index (χ3n) is 4.03. The van der Waals surface area contributed by atoms with Crippen LogP contribution in [0, 0.1) is 0 Å². The Morgan fingerprint density at radius 3 is 2.82 bits per heavy atom. The molecule has 1 unspecified atom stereocenters. The Bertz CT molecular complexity index is 636. The Balaban J connectivity index is 1.58. The first kappa shape index (κ1) is 14.5. The molecule has 1 aliphatic rings. The van der Waals surface area contributed by atoms with Crippen molar-refractivity contribution in [3.63, 3.8) is 0 Å². The molecule has 7 heteroatoms. The smallest absolute Gasteiger partial charge is 0.318 e. The number of nitrogens with one attached hydrogen (secondary N) is 1. The first-order chi connectivity index (χ1) is 10.7. The van der Waals surface area contributed by atoms with Crippen LogP contribution in [-0.2, 0) is 6.54 Å². The molecule has 0 radical (unpaired) electrons. The van der Waals surface area contributed by atoms with E-state index in [2.05, 4.69) is 20.8 Å². The zero-order valence-electron chi connectivity index (χ0n) is 12.8. The highest BCUT2D eigenvalue weighted by Gasteiger charge is 2.28. The Labute approximate surface area is 129 Å². The van der Waals surface area contributed by atoms with Gasteiger partial charge in [-0.15, -0.1) is 5.10 Å². The number of carbonyl (C=O) groups is 1. The molecule has 0 bridgehead atoms. The second-order valence-electron chi connectivity index (χ2n) is 5.63. The Morgan fingerprint density at radius 1 is 1.41 bits per heavy atom. The predicted molar refractivity (Wildman–Crippen MR) is 80.9 cm³/mol. The minimum atomic E-state index is -0.137. The third kappa shape index (κ3) is 3.08. The molecule has 116 valence electrons. The molecular formula is C15H20N6O. The van der Waals surface area contributed by atoms with Crippen molar-refractivity contribution in [1.82, 2.24) is 30.4 Å². The number of amides is 2. The van der Waals surface area contributed by atoms with E-state index in [1.54, 1.807) is 16.6 Å². The number of hydrogen-bond acceptors (Lipinski definition) is 4. The summed E-state index contributed by atoms with van der Waals surface area (Å²) in [5.41, 5.74) is 1.10. The van der Waals surface area contributed by atoms with Gasteiger partial charge in [0.15, 0.2) is 5.82 Å². The SMILES string of the molecule is CC(c1ccccc1)N(C)C(=O)NCc1nnnn1C1CC1. The van der Waals surface area contributed by atoms with Crippen molar-refractivity contribution >= 4 is 6.03 Å². The summed E-state index contributed by atoms with van der Waals surface area (Å²) in [6.07, 6.45) is 2.22. The van der Waals surface area contributed by atoms with Crippen LogP contribution in [0.4, 0.5) is 4.79 Å². The lowest BCUT2D eigenvalue weighted by Gasteiger charge is -2.25. The van der Waals surface area contributed by atoms with Crippen LogP contribution in [-0.4, -0.2) is 38.2 Å². The summed E-state index contributed by atoms with van der Waals surface area (Å²) >= 11 is 0. The molecule has 1 atom stereocenters. The summed E-state index contributed by atoms with van der Waals surface area (Å²) in [5.74, 6) is 0.705. The van der Waals surface area contributed by atoms with Gasteiger partial charge >= 0.3 is 6.03 Å². The van der Waals surface area contributed by atoms with E-state index in [1.807, 2.05) is 37.3 Å². The second kappa shape index (κ2) is 6.13. The maximum atomic E-state index is 12.3. The van der Waals surface area contributed by atoms with E-state index in [9.17, 15) is 4.79 Å². The Hall–Kier alpha value is -2.44. The summed E-state index contributed by atoms with van der Waals surface area (Å²) in [5, 5.41) is 14.5. The van der Waals surface area contributed by atoms with Crippen LogP contribution in [0.3, 0.4) is 0 Å². The van der Waals surface area contributed by atoms with Gasteiger partial charge in [0.1, 0.15) is 0 Å². The second-order valence-corrected chi connectivity index (χ2v) is 5.63. The molecule has 2 aromatic rings. The Kier molecular flexibility index (Phi) is 4.04. The maximum absolute atomic E-state index is 12.3. The van der Waals surface area contributed by atoms with Gasteiger partial charge in [0, 0.05) is 7.05 Å². The highest BCUT2D eigenvalue weighted by Crippen LogP contribution is 2.34. The van der Waals surface area contributed by atoms with Crippen LogP contribution in [0.25, 0.3) is 0 Å². The summed E-state index contributed by atoms with van der Waals surface area (Å²) in [6.45, 7) is 2.34. The molecule has 1 fully saturated rings. The molecule has 3 rings (SSSR count). The summed E-state index contributed by atoms with van der Waals surface area (Å²) < 4.78 is 1.81. The van der Waals surface area contributed by atoms with Crippen molar-refractivity contribution in [1.29, 1.82) is 0 Å². The third-order valence-corrected chi connectivity index (χ3v) is 4.03. The molecule has 2 amide bonds. The average molecular weight is 300 g/mol. The molecule has 0 aliphatic heterocycles. The topological polar surface area (TPSA) is 75.9 Å². The van der Waals surface area contributed by atoms with Crippen LogP contribution in [0.1, 0.15) is 43.2 Å². The molecular weight excluding hydrogens is 280 g/mol. The summed E-state index contributed by atoms with van der Waals surface area (Å²) in [4.78, 5) is 14.0. The van der Waals surface area contributed by atoms with Crippen molar-refractivity contribution in [2.45, 2.75) is 38.4 Å². The van der Waals surface area contributed by atoms with E-state index < -0.39 is 0 Å². The molecule has 1 saturated carbocycles. The molecule has 0 spiro atoms. The number of rotatable bonds is 5. The predicted octanol–water partition coefficient (Wildman–Crippen LogP) is 1.91. The Morgan fingerprint density at radius 2 is 2.14 bits per heavy atom. The first-order valence-corrected chi connectivity index (χ1v) is 7.49. The first-order valence-electron chi connectivity index (χ1n) is 7.49. The van der Waals surface area contributed by atoms with Gasteiger partial charge in [0.25, 0.3) is 0 Å². The number of tetrazole rings is 1. The average Bonchev–Trinajstić information content (AvgIpc) is 3.30. The van der Waals surface area contributed by atoms with Crippen LogP contribution in [0.5, 0.6) is 0 Å². The van der Waals surface area contributed by atoms with Crippen molar-refractivity contribution in [2.24, 2.45) is 0 Å². The quantitative estimate of drug-likeness (QED) is 0.915. The van der Waals surface area contributed by atoms with E-state index in [4.69, 9.17) is 0 Å².